The van der Waals surface area contributed by atoms with Crippen molar-refractivity contribution >= 4 is 0 Å². The second-order valence-electron chi connectivity index (χ2n) is 6.87. The minimum Gasteiger partial charge on any atom is -0.393 e. The Bertz CT molecular complexity index is 432. The molecule has 1 heterocycles. The van der Waals surface area contributed by atoms with Gasteiger partial charge in [-0.3, -0.25) is 4.90 Å². The lowest BCUT2D eigenvalue weighted by molar-refractivity contribution is -0.0869. The number of rotatable bonds is 3. The van der Waals surface area contributed by atoms with Gasteiger partial charge >= 0.3 is 0 Å². The molecule has 2 fully saturated rings. The molecule has 1 aromatic carbocycles. The van der Waals surface area contributed by atoms with Gasteiger partial charge in [0.05, 0.1) is 11.7 Å². The SMILES string of the molecule is OC1CCC(C2(O)CCN(Cc3ccccc3)CC2)CC1. The number of aliphatic hydroxyl groups is 2. The van der Waals surface area contributed by atoms with Crippen molar-refractivity contribution in [3.8, 4) is 0 Å². The van der Waals surface area contributed by atoms with Crippen LogP contribution in [0.1, 0.15) is 44.1 Å². The lowest BCUT2D eigenvalue weighted by Crippen LogP contribution is -2.49. The summed E-state index contributed by atoms with van der Waals surface area (Å²) in [6.07, 6.45) is 5.30. The Hall–Kier alpha value is -0.900. The zero-order chi connectivity index (χ0) is 14.7. The molecule has 1 aliphatic carbocycles. The normalized spacial score (nSPS) is 30.2. The molecule has 1 saturated carbocycles. The van der Waals surface area contributed by atoms with Gasteiger partial charge in [0.25, 0.3) is 0 Å². The van der Waals surface area contributed by atoms with Crippen molar-refractivity contribution in [2.75, 3.05) is 13.1 Å². The number of nitrogens with zero attached hydrogens (tertiary/aromatic N) is 1. The Morgan fingerprint density at radius 3 is 2.24 bits per heavy atom. The van der Waals surface area contributed by atoms with Crippen LogP contribution in [0, 0.1) is 5.92 Å². The fraction of sp³-hybridized carbons (Fsp3) is 0.667. The molecule has 0 spiro atoms. The van der Waals surface area contributed by atoms with Crippen molar-refractivity contribution in [1.29, 1.82) is 0 Å². The van der Waals surface area contributed by atoms with Crippen LogP contribution < -0.4 is 0 Å². The smallest absolute Gasteiger partial charge is 0.0700 e. The summed E-state index contributed by atoms with van der Waals surface area (Å²) < 4.78 is 0. The Morgan fingerprint density at radius 1 is 1.00 bits per heavy atom. The van der Waals surface area contributed by atoms with Crippen LogP contribution in [0.3, 0.4) is 0 Å². The van der Waals surface area contributed by atoms with Crippen LogP contribution in [0.2, 0.25) is 0 Å². The van der Waals surface area contributed by atoms with Gasteiger partial charge in [0.2, 0.25) is 0 Å². The van der Waals surface area contributed by atoms with E-state index in [9.17, 15) is 10.2 Å². The zero-order valence-electron chi connectivity index (χ0n) is 12.7. The second-order valence-corrected chi connectivity index (χ2v) is 6.87. The monoisotopic (exact) mass is 289 g/mol. The Labute approximate surface area is 127 Å². The Morgan fingerprint density at radius 2 is 1.62 bits per heavy atom. The average molecular weight is 289 g/mol. The largest absolute Gasteiger partial charge is 0.393 e. The van der Waals surface area contributed by atoms with Gasteiger partial charge in [-0.25, -0.2) is 0 Å². The summed E-state index contributed by atoms with van der Waals surface area (Å²) in [6, 6.07) is 10.6. The third-order valence-corrected chi connectivity index (χ3v) is 5.43. The fourth-order valence-electron chi connectivity index (χ4n) is 3.96. The van der Waals surface area contributed by atoms with E-state index in [1.807, 2.05) is 0 Å². The van der Waals surface area contributed by atoms with Crippen LogP contribution in [0.15, 0.2) is 30.3 Å². The van der Waals surface area contributed by atoms with Gasteiger partial charge in [-0.15, -0.1) is 0 Å². The van der Waals surface area contributed by atoms with E-state index in [-0.39, 0.29) is 6.10 Å². The molecular weight excluding hydrogens is 262 g/mol. The van der Waals surface area contributed by atoms with Crippen molar-refractivity contribution in [3.05, 3.63) is 35.9 Å². The molecule has 0 amide bonds. The molecule has 1 aromatic rings. The van der Waals surface area contributed by atoms with E-state index in [2.05, 4.69) is 35.2 Å². The van der Waals surface area contributed by atoms with Crippen LogP contribution in [0.25, 0.3) is 0 Å². The molecule has 1 saturated heterocycles. The van der Waals surface area contributed by atoms with E-state index in [1.54, 1.807) is 0 Å². The Kier molecular flexibility index (Phi) is 4.63. The third-order valence-electron chi connectivity index (χ3n) is 5.43. The molecule has 3 nitrogen and oxygen atoms in total. The van der Waals surface area contributed by atoms with Crippen molar-refractivity contribution in [1.82, 2.24) is 4.90 Å². The predicted molar refractivity (Wildman–Crippen MR) is 83.9 cm³/mol. The molecule has 0 unspecified atom stereocenters. The van der Waals surface area contributed by atoms with Crippen molar-refractivity contribution in [2.45, 2.75) is 56.8 Å². The summed E-state index contributed by atoms with van der Waals surface area (Å²) in [5.41, 5.74) is 0.858. The van der Waals surface area contributed by atoms with E-state index in [0.717, 1.165) is 58.2 Å². The van der Waals surface area contributed by atoms with Crippen LogP contribution in [-0.2, 0) is 6.54 Å². The minimum absolute atomic E-state index is 0.136. The van der Waals surface area contributed by atoms with Gasteiger partial charge < -0.3 is 10.2 Å². The van der Waals surface area contributed by atoms with E-state index in [0.29, 0.717) is 5.92 Å². The third kappa shape index (κ3) is 3.65. The lowest BCUT2D eigenvalue weighted by Gasteiger charge is -2.45. The lowest BCUT2D eigenvalue weighted by atomic mass is 9.71. The summed E-state index contributed by atoms with van der Waals surface area (Å²) in [6.45, 7) is 2.94. The first-order valence-corrected chi connectivity index (χ1v) is 8.32. The molecule has 2 aliphatic rings. The summed E-state index contributed by atoms with van der Waals surface area (Å²) in [5.74, 6) is 0.389. The first kappa shape index (κ1) is 15.0. The van der Waals surface area contributed by atoms with Crippen LogP contribution in [0.5, 0.6) is 0 Å². The number of aliphatic hydroxyl groups excluding tert-OH is 1. The molecule has 0 radical (unpaired) electrons. The van der Waals surface area contributed by atoms with Gasteiger partial charge in [0.1, 0.15) is 0 Å². The number of hydrogen-bond acceptors (Lipinski definition) is 3. The fourth-order valence-corrected chi connectivity index (χ4v) is 3.96. The summed E-state index contributed by atoms with van der Waals surface area (Å²) >= 11 is 0. The topological polar surface area (TPSA) is 43.7 Å². The molecule has 116 valence electrons. The standard InChI is InChI=1S/C18H27NO2/c20-17-8-6-16(7-9-17)18(21)10-12-19(13-11-18)14-15-4-2-1-3-5-15/h1-5,16-17,20-21H,6-14H2. The Balaban J connectivity index is 1.52. The maximum atomic E-state index is 11.0. The van der Waals surface area contributed by atoms with Gasteiger partial charge in [0, 0.05) is 19.6 Å². The maximum Gasteiger partial charge on any atom is 0.0700 e. The van der Waals surface area contributed by atoms with Crippen LogP contribution in [0.4, 0.5) is 0 Å². The quantitative estimate of drug-likeness (QED) is 0.899. The molecule has 0 atom stereocenters. The first-order valence-electron chi connectivity index (χ1n) is 8.32. The minimum atomic E-state index is -0.493. The second kappa shape index (κ2) is 6.47. The number of benzene rings is 1. The highest BCUT2D eigenvalue weighted by Crippen LogP contribution is 2.39. The van der Waals surface area contributed by atoms with E-state index in [1.165, 1.54) is 5.56 Å². The van der Waals surface area contributed by atoms with E-state index < -0.39 is 5.60 Å². The molecular formula is C18H27NO2. The van der Waals surface area contributed by atoms with Crippen LogP contribution in [-0.4, -0.2) is 39.9 Å². The van der Waals surface area contributed by atoms with Gasteiger partial charge in [-0.1, -0.05) is 30.3 Å². The molecule has 21 heavy (non-hydrogen) atoms. The van der Waals surface area contributed by atoms with E-state index >= 15 is 0 Å². The van der Waals surface area contributed by atoms with Crippen molar-refractivity contribution in [3.63, 3.8) is 0 Å². The molecule has 0 aromatic heterocycles. The number of hydrogen-bond donors (Lipinski definition) is 2. The highest BCUT2D eigenvalue weighted by molar-refractivity contribution is 5.14. The predicted octanol–water partition coefficient (Wildman–Crippen LogP) is 2.56. The van der Waals surface area contributed by atoms with Gasteiger partial charge in [-0.2, -0.15) is 0 Å². The van der Waals surface area contributed by atoms with Crippen molar-refractivity contribution < 1.29 is 10.2 Å². The van der Waals surface area contributed by atoms with Crippen LogP contribution >= 0.6 is 0 Å². The molecule has 3 heteroatoms. The molecule has 2 N–H and O–H groups in total. The summed E-state index contributed by atoms with van der Waals surface area (Å²) in [7, 11) is 0. The maximum absolute atomic E-state index is 11.0. The van der Waals surface area contributed by atoms with Gasteiger partial charge in [0.15, 0.2) is 0 Å². The average Bonchev–Trinajstić information content (AvgIpc) is 2.51. The number of likely N-dealkylation sites (tertiary alicyclic amines) is 1. The first-order chi connectivity index (χ1) is 10.2. The van der Waals surface area contributed by atoms with E-state index in [4.69, 9.17) is 0 Å². The van der Waals surface area contributed by atoms with Gasteiger partial charge in [-0.05, 0) is 50.0 Å². The molecule has 3 rings (SSSR count). The number of piperidine rings is 1. The summed E-state index contributed by atoms with van der Waals surface area (Å²) in [5, 5.41) is 20.6. The zero-order valence-corrected chi connectivity index (χ0v) is 12.7. The highest BCUT2D eigenvalue weighted by atomic mass is 16.3. The summed E-state index contributed by atoms with van der Waals surface area (Å²) in [4.78, 5) is 2.45. The van der Waals surface area contributed by atoms with Crippen molar-refractivity contribution in [2.24, 2.45) is 5.92 Å². The molecule has 0 bridgehead atoms. The molecule has 1 aliphatic heterocycles. The highest BCUT2D eigenvalue weighted by Gasteiger charge is 2.40.